The molecule has 6 nitrogen and oxygen atoms in total. The lowest BCUT2D eigenvalue weighted by Crippen LogP contribution is -2.42. The molecule has 0 spiro atoms. The minimum Gasteiger partial charge on any atom is -0.479 e. The van der Waals surface area contributed by atoms with Crippen molar-refractivity contribution in [3.05, 3.63) is 41.8 Å². The predicted molar refractivity (Wildman–Crippen MR) is 78.9 cm³/mol. The van der Waals surface area contributed by atoms with Gasteiger partial charge in [0.2, 0.25) is 5.95 Å². The molecule has 0 radical (unpaired) electrons. The van der Waals surface area contributed by atoms with Crippen molar-refractivity contribution in [1.29, 1.82) is 0 Å². The zero-order valence-electron chi connectivity index (χ0n) is 12.2. The Kier molecular flexibility index (Phi) is 4.37. The van der Waals surface area contributed by atoms with Crippen LogP contribution in [0.3, 0.4) is 0 Å². The Balaban J connectivity index is 2.28. The minimum absolute atomic E-state index is 0.116. The molecule has 0 aliphatic heterocycles. The molecule has 0 fully saturated rings. The fraction of sp³-hybridized carbons (Fsp3) is 0.267. The lowest BCUT2D eigenvalue weighted by atomic mass is 10.1. The molecule has 1 heterocycles. The topological polar surface area (TPSA) is 95.3 Å². The zero-order chi connectivity index (χ0) is 16.3. The predicted octanol–water partition coefficient (Wildman–Crippen LogP) is 1.84. The summed E-state index contributed by atoms with van der Waals surface area (Å²) in [5.74, 6) is -1.65. The molecule has 1 unspecified atom stereocenters. The molecular formula is C15H16FN3O3. The third-order valence-electron chi connectivity index (χ3n) is 3.15. The number of hydrogen-bond acceptors (Lipinski definition) is 5. The molecule has 0 saturated carbocycles. The Hall–Kier alpha value is -2.54. The number of carbonyl (C=O) groups is 1. The van der Waals surface area contributed by atoms with E-state index in [9.17, 15) is 14.3 Å². The highest BCUT2D eigenvalue weighted by atomic mass is 19.1. The molecule has 1 aromatic carbocycles. The lowest BCUT2D eigenvalue weighted by molar-refractivity contribution is -0.155. The van der Waals surface area contributed by atoms with E-state index in [-0.39, 0.29) is 12.5 Å². The number of benzene rings is 1. The summed E-state index contributed by atoms with van der Waals surface area (Å²) < 4.78 is 13.9. The number of nitrogens with zero attached hydrogens (tertiary/aromatic N) is 2. The minimum atomic E-state index is -1.95. The molecule has 2 rings (SSSR count). The van der Waals surface area contributed by atoms with Gasteiger partial charge < -0.3 is 15.5 Å². The van der Waals surface area contributed by atoms with Crippen molar-refractivity contribution in [3.63, 3.8) is 0 Å². The molecule has 0 aliphatic rings. The second-order valence-corrected chi connectivity index (χ2v) is 5.14. The molecule has 116 valence electrons. The van der Waals surface area contributed by atoms with Gasteiger partial charge >= 0.3 is 5.97 Å². The van der Waals surface area contributed by atoms with Crippen molar-refractivity contribution < 1.29 is 19.4 Å². The second kappa shape index (κ2) is 6.07. The molecule has 1 aromatic heterocycles. The Morgan fingerprint density at radius 3 is 2.73 bits per heavy atom. The highest BCUT2D eigenvalue weighted by Gasteiger charge is 2.29. The third-order valence-corrected chi connectivity index (χ3v) is 3.15. The summed E-state index contributed by atoms with van der Waals surface area (Å²) >= 11 is 0. The Morgan fingerprint density at radius 2 is 2.09 bits per heavy atom. The summed E-state index contributed by atoms with van der Waals surface area (Å²) in [6.07, 6.45) is 1.51. The highest BCUT2D eigenvalue weighted by Crippen LogP contribution is 2.24. The molecule has 0 saturated heterocycles. The Labute approximate surface area is 126 Å². The largest absolute Gasteiger partial charge is 0.479 e. The van der Waals surface area contributed by atoms with E-state index in [2.05, 4.69) is 15.3 Å². The quantitative estimate of drug-likeness (QED) is 0.780. The Morgan fingerprint density at radius 1 is 1.41 bits per heavy atom. The maximum atomic E-state index is 13.9. The van der Waals surface area contributed by atoms with E-state index in [4.69, 9.17) is 5.11 Å². The van der Waals surface area contributed by atoms with E-state index >= 15 is 0 Å². The first-order valence-corrected chi connectivity index (χ1v) is 6.59. The van der Waals surface area contributed by atoms with Gasteiger partial charge in [0, 0.05) is 11.8 Å². The summed E-state index contributed by atoms with van der Waals surface area (Å²) in [5, 5.41) is 21.2. The number of aromatic nitrogens is 2. The summed E-state index contributed by atoms with van der Waals surface area (Å²) in [5.41, 5.74) is -0.534. The van der Waals surface area contributed by atoms with Crippen LogP contribution in [0.5, 0.6) is 0 Å². The molecule has 3 N–H and O–H groups in total. The van der Waals surface area contributed by atoms with Crippen molar-refractivity contribution in [2.75, 3.05) is 11.9 Å². The van der Waals surface area contributed by atoms with Crippen LogP contribution >= 0.6 is 0 Å². The summed E-state index contributed by atoms with van der Waals surface area (Å²) in [6, 6.07) is 6.21. The van der Waals surface area contributed by atoms with Gasteiger partial charge in [-0.05, 0) is 31.5 Å². The van der Waals surface area contributed by atoms with Crippen LogP contribution in [0.15, 0.2) is 30.5 Å². The van der Waals surface area contributed by atoms with Gasteiger partial charge in [-0.25, -0.2) is 19.2 Å². The molecule has 1 atom stereocenters. The fourth-order valence-electron chi connectivity index (χ4n) is 1.78. The highest BCUT2D eigenvalue weighted by molar-refractivity contribution is 5.77. The molecular weight excluding hydrogens is 289 g/mol. The molecule has 0 aliphatic carbocycles. The molecule has 2 aromatic rings. The average molecular weight is 305 g/mol. The van der Waals surface area contributed by atoms with Gasteiger partial charge in [-0.3, -0.25) is 0 Å². The number of aliphatic carboxylic acids is 1. The van der Waals surface area contributed by atoms with Gasteiger partial charge in [-0.1, -0.05) is 12.1 Å². The van der Waals surface area contributed by atoms with Gasteiger partial charge in [0.25, 0.3) is 0 Å². The van der Waals surface area contributed by atoms with Crippen molar-refractivity contribution in [3.8, 4) is 11.3 Å². The van der Waals surface area contributed by atoms with Crippen LogP contribution in [0.2, 0.25) is 0 Å². The smallest absolute Gasteiger partial charge is 0.337 e. The lowest BCUT2D eigenvalue weighted by Gasteiger charge is -2.18. The summed E-state index contributed by atoms with van der Waals surface area (Å²) in [6.45, 7) is 2.63. The van der Waals surface area contributed by atoms with E-state index in [0.29, 0.717) is 16.8 Å². The first kappa shape index (κ1) is 15.8. The number of hydrogen-bond donors (Lipinski definition) is 3. The van der Waals surface area contributed by atoms with E-state index in [1.165, 1.54) is 12.3 Å². The first-order valence-electron chi connectivity index (χ1n) is 6.59. The van der Waals surface area contributed by atoms with E-state index in [1.807, 2.05) is 0 Å². The SMILES string of the molecule is Cc1cnc(NCC(C)(O)C(=O)O)nc1-c1ccccc1F. The summed E-state index contributed by atoms with van der Waals surface area (Å²) in [7, 11) is 0. The van der Waals surface area contributed by atoms with Gasteiger partial charge in [-0.2, -0.15) is 0 Å². The zero-order valence-corrected chi connectivity index (χ0v) is 12.2. The number of rotatable bonds is 5. The number of anilines is 1. The van der Waals surface area contributed by atoms with Crippen molar-refractivity contribution >= 4 is 11.9 Å². The number of carboxylic acid groups (broad SMARTS) is 1. The number of carboxylic acids is 1. The normalized spacial score (nSPS) is 13.5. The standard InChI is InChI=1S/C15H16FN3O3/c1-9-7-17-14(18-8-15(2,22)13(20)21)19-12(9)10-5-3-4-6-11(10)16/h3-7,22H,8H2,1-2H3,(H,20,21)(H,17,18,19). The number of aliphatic hydroxyl groups is 1. The van der Waals surface area contributed by atoms with Gasteiger partial charge in [0.05, 0.1) is 12.2 Å². The molecule has 22 heavy (non-hydrogen) atoms. The van der Waals surface area contributed by atoms with Crippen molar-refractivity contribution in [2.24, 2.45) is 0 Å². The van der Waals surface area contributed by atoms with E-state index in [1.54, 1.807) is 25.1 Å². The maximum Gasteiger partial charge on any atom is 0.337 e. The van der Waals surface area contributed by atoms with E-state index in [0.717, 1.165) is 6.92 Å². The third kappa shape index (κ3) is 3.37. The van der Waals surface area contributed by atoms with Gasteiger partial charge in [0.1, 0.15) is 5.82 Å². The fourth-order valence-corrected chi connectivity index (χ4v) is 1.78. The van der Waals surface area contributed by atoms with Crippen LogP contribution in [0.1, 0.15) is 12.5 Å². The van der Waals surface area contributed by atoms with E-state index < -0.39 is 17.4 Å². The van der Waals surface area contributed by atoms with Crippen LogP contribution in [-0.4, -0.2) is 38.3 Å². The van der Waals surface area contributed by atoms with Gasteiger partial charge in [0.15, 0.2) is 5.60 Å². The average Bonchev–Trinajstić information content (AvgIpc) is 2.47. The first-order chi connectivity index (χ1) is 10.3. The maximum absolute atomic E-state index is 13.9. The van der Waals surface area contributed by atoms with Crippen LogP contribution in [0, 0.1) is 12.7 Å². The summed E-state index contributed by atoms with van der Waals surface area (Å²) in [4.78, 5) is 19.1. The molecule has 7 heteroatoms. The second-order valence-electron chi connectivity index (χ2n) is 5.14. The molecule has 0 amide bonds. The van der Waals surface area contributed by atoms with Crippen LogP contribution in [0.4, 0.5) is 10.3 Å². The Bertz CT molecular complexity index is 704. The van der Waals surface area contributed by atoms with Crippen LogP contribution in [0.25, 0.3) is 11.3 Å². The number of aryl methyl sites for hydroxylation is 1. The van der Waals surface area contributed by atoms with Crippen LogP contribution in [-0.2, 0) is 4.79 Å². The van der Waals surface area contributed by atoms with Crippen molar-refractivity contribution in [1.82, 2.24) is 9.97 Å². The number of nitrogens with one attached hydrogen (secondary N) is 1. The van der Waals surface area contributed by atoms with Crippen LogP contribution < -0.4 is 5.32 Å². The van der Waals surface area contributed by atoms with Gasteiger partial charge in [-0.15, -0.1) is 0 Å². The number of halogens is 1. The van der Waals surface area contributed by atoms with Crippen molar-refractivity contribution in [2.45, 2.75) is 19.4 Å². The monoisotopic (exact) mass is 305 g/mol. The molecule has 0 bridgehead atoms.